The van der Waals surface area contributed by atoms with E-state index in [1.165, 1.54) is 0 Å². The molecular weight excluding hydrogens is 316 g/mol. The second kappa shape index (κ2) is 6.88. The number of nitrogens with zero attached hydrogens (tertiary/aromatic N) is 6. The molecule has 25 heavy (non-hydrogen) atoms. The van der Waals surface area contributed by atoms with E-state index >= 15 is 0 Å². The van der Waals surface area contributed by atoms with Crippen LogP contribution in [0.15, 0.2) is 36.5 Å². The highest BCUT2D eigenvalue weighted by Gasteiger charge is 2.22. The molecule has 2 aromatic heterocycles. The smallest absolute Gasteiger partial charge is 0.259 e. The first-order valence-corrected chi connectivity index (χ1v) is 8.37. The first-order chi connectivity index (χ1) is 12.1. The van der Waals surface area contributed by atoms with E-state index in [-0.39, 0.29) is 5.91 Å². The molecule has 0 aliphatic rings. The number of amides is 1. The van der Waals surface area contributed by atoms with Crippen LogP contribution in [0.5, 0.6) is 0 Å². The van der Waals surface area contributed by atoms with Gasteiger partial charge >= 0.3 is 0 Å². The molecule has 0 saturated heterocycles. The highest BCUT2D eigenvalue weighted by molar-refractivity contribution is 5.99. The van der Waals surface area contributed by atoms with Gasteiger partial charge in [-0.15, -0.1) is 0 Å². The normalized spacial score (nSPS) is 10.9. The lowest BCUT2D eigenvalue weighted by molar-refractivity contribution is 0.0774. The number of anilines is 2. The summed E-state index contributed by atoms with van der Waals surface area (Å²) in [5, 5.41) is 4.38. The number of para-hydroxylation sites is 1. The molecule has 0 bridgehead atoms. The first-order valence-electron chi connectivity index (χ1n) is 8.37. The zero-order valence-corrected chi connectivity index (χ0v) is 15.0. The summed E-state index contributed by atoms with van der Waals surface area (Å²) >= 11 is 0. The van der Waals surface area contributed by atoms with Crippen LogP contribution in [0.2, 0.25) is 0 Å². The number of fused-ring (bicyclic) bond motifs is 1. The second-order valence-electron chi connectivity index (χ2n) is 5.74. The van der Waals surface area contributed by atoms with E-state index in [4.69, 9.17) is 0 Å². The quantitative estimate of drug-likeness (QED) is 0.715. The van der Waals surface area contributed by atoms with E-state index in [1.54, 1.807) is 15.6 Å². The zero-order chi connectivity index (χ0) is 18.0. The van der Waals surface area contributed by atoms with Gasteiger partial charge in [-0.25, -0.2) is 4.98 Å². The minimum absolute atomic E-state index is 0.0635. The lowest BCUT2D eigenvalue weighted by atomic mass is 10.3. The molecule has 0 atom stereocenters. The van der Waals surface area contributed by atoms with Crippen LogP contribution in [0.1, 0.15) is 30.0 Å². The van der Waals surface area contributed by atoms with Crippen LogP contribution >= 0.6 is 0 Å². The molecule has 0 spiro atoms. The van der Waals surface area contributed by atoms with Gasteiger partial charge in [0.2, 0.25) is 5.95 Å². The van der Waals surface area contributed by atoms with Crippen molar-refractivity contribution >= 4 is 23.2 Å². The molecule has 0 saturated carbocycles. The molecular formula is C18H22N6O. The van der Waals surface area contributed by atoms with E-state index in [9.17, 15) is 4.79 Å². The first kappa shape index (κ1) is 16.9. The molecule has 1 amide bonds. The van der Waals surface area contributed by atoms with Crippen molar-refractivity contribution in [2.45, 2.75) is 20.8 Å². The summed E-state index contributed by atoms with van der Waals surface area (Å²) in [6.45, 7) is 7.03. The average Bonchev–Trinajstić information content (AvgIpc) is 3.05. The van der Waals surface area contributed by atoms with Crippen LogP contribution in [0.25, 0.3) is 5.65 Å². The van der Waals surface area contributed by atoms with Crippen molar-refractivity contribution in [3.05, 3.63) is 47.9 Å². The standard InChI is InChI=1S/C18H22N6O/c1-5-23(6-2)17(25)15-12-19-24-16(15)20-13(3)21-18(24)22(4)14-10-8-7-9-11-14/h7-12H,5-6H2,1-4H3. The zero-order valence-electron chi connectivity index (χ0n) is 15.0. The number of carbonyl (C=O) groups excluding carboxylic acids is 1. The molecule has 0 aliphatic heterocycles. The topological polar surface area (TPSA) is 66.6 Å². The third kappa shape index (κ3) is 3.05. The van der Waals surface area contributed by atoms with Crippen LogP contribution in [-0.4, -0.2) is 50.5 Å². The highest BCUT2D eigenvalue weighted by Crippen LogP contribution is 2.23. The molecule has 2 heterocycles. The lowest BCUT2D eigenvalue weighted by Crippen LogP contribution is -2.30. The number of aryl methyl sites for hydroxylation is 1. The largest absolute Gasteiger partial charge is 0.339 e. The highest BCUT2D eigenvalue weighted by atomic mass is 16.2. The third-order valence-electron chi connectivity index (χ3n) is 4.19. The predicted molar refractivity (Wildman–Crippen MR) is 97.3 cm³/mol. The molecule has 0 aliphatic carbocycles. The summed E-state index contributed by atoms with van der Waals surface area (Å²) in [7, 11) is 1.92. The van der Waals surface area contributed by atoms with E-state index in [0.717, 1.165) is 5.69 Å². The number of benzene rings is 1. The van der Waals surface area contributed by atoms with Crippen molar-refractivity contribution < 1.29 is 4.79 Å². The van der Waals surface area contributed by atoms with Gasteiger partial charge in [0.05, 0.1) is 6.20 Å². The Labute approximate surface area is 146 Å². The maximum Gasteiger partial charge on any atom is 0.259 e. The Morgan fingerprint density at radius 1 is 1.12 bits per heavy atom. The molecule has 7 heteroatoms. The Balaban J connectivity index is 2.12. The summed E-state index contributed by atoms with van der Waals surface area (Å²) in [5.41, 5.74) is 2.01. The van der Waals surface area contributed by atoms with E-state index in [1.807, 2.05) is 63.1 Å². The van der Waals surface area contributed by atoms with Gasteiger partial charge in [-0.1, -0.05) is 18.2 Å². The number of carbonyl (C=O) groups is 1. The Morgan fingerprint density at radius 2 is 1.80 bits per heavy atom. The fourth-order valence-corrected chi connectivity index (χ4v) is 2.78. The average molecular weight is 338 g/mol. The summed E-state index contributed by atoms with van der Waals surface area (Å²) in [6, 6.07) is 9.89. The Hall–Kier alpha value is -2.96. The summed E-state index contributed by atoms with van der Waals surface area (Å²) in [5.74, 6) is 1.15. The molecule has 1 aromatic carbocycles. The fourth-order valence-electron chi connectivity index (χ4n) is 2.78. The molecule has 3 aromatic rings. The van der Waals surface area contributed by atoms with Gasteiger partial charge < -0.3 is 9.80 Å². The van der Waals surface area contributed by atoms with E-state index in [2.05, 4.69) is 15.1 Å². The molecule has 0 N–H and O–H groups in total. The van der Waals surface area contributed by atoms with Gasteiger partial charge in [-0.2, -0.15) is 14.6 Å². The van der Waals surface area contributed by atoms with Crippen molar-refractivity contribution in [1.29, 1.82) is 0 Å². The van der Waals surface area contributed by atoms with Crippen molar-refractivity contribution in [3.8, 4) is 0 Å². The molecule has 0 radical (unpaired) electrons. The van der Waals surface area contributed by atoms with Crippen LogP contribution in [0.4, 0.5) is 11.6 Å². The van der Waals surface area contributed by atoms with Crippen molar-refractivity contribution in [3.63, 3.8) is 0 Å². The van der Waals surface area contributed by atoms with Gasteiger partial charge in [0.1, 0.15) is 11.4 Å². The summed E-state index contributed by atoms with van der Waals surface area (Å²) in [4.78, 5) is 25.4. The molecule has 0 fully saturated rings. The maximum absolute atomic E-state index is 12.7. The van der Waals surface area contributed by atoms with Crippen molar-refractivity contribution in [1.82, 2.24) is 24.5 Å². The van der Waals surface area contributed by atoms with Crippen molar-refractivity contribution in [2.75, 3.05) is 25.0 Å². The monoisotopic (exact) mass is 338 g/mol. The van der Waals surface area contributed by atoms with Gasteiger partial charge in [0.25, 0.3) is 5.91 Å². The fraction of sp³-hybridized carbons (Fsp3) is 0.333. The van der Waals surface area contributed by atoms with Gasteiger partial charge in [-0.3, -0.25) is 4.79 Å². The van der Waals surface area contributed by atoms with Gasteiger partial charge in [-0.05, 0) is 32.9 Å². The minimum atomic E-state index is -0.0635. The number of hydrogen-bond acceptors (Lipinski definition) is 5. The van der Waals surface area contributed by atoms with E-state index in [0.29, 0.717) is 36.1 Å². The minimum Gasteiger partial charge on any atom is -0.339 e. The van der Waals surface area contributed by atoms with Crippen LogP contribution < -0.4 is 4.90 Å². The van der Waals surface area contributed by atoms with Crippen LogP contribution in [0, 0.1) is 6.92 Å². The molecule has 7 nitrogen and oxygen atoms in total. The molecule has 3 rings (SSSR count). The summed E-state index contributed by atoms with van der Waals surface area (Å²) in [6.07, 6.45) is 1.58. The van der Waals surface area contributed by atoms with Crippen molar-refractivity contribution in [2.24, 2.45) is 0 Å². The second-order valence-corrected chi connectivity index (χ2v) is 5.74. The Bertz CT molecular complexity index is 885. The SMILES string of the molecule is CCN(CC)C(=O)c1cnn2c(N(C)c3ccccc3)nc(C)nc12. The molecule has 130 valence electrons. The van der Waals surface area contributed by atoms with Gasteiger partial charge in [0.15, 0.2) is 5.65 Å². The summed E-state index contributed by atoms with van der Waals surface area (Å²) < 4.78 is 1.62. The van der Waals surface area contributed by atoms with Crippen LogP contribution in [-0.2, 0) is 0 Å². The molecule has 0 unspecified atom stereocenters. The van der Waals surface area contributed by atoms with Crippen LogP contribution in [0.3, 0.4) is 0 Å². The van der Waals surface area contributed by atoms with E-state index < -0.39 is 0 Å². The third-order valence-corrected chi connectivity index (χ3v) is 4.19. The Kier molecular flexibility index (Phi) is 4.65. The van der Waals surface area contributed by atoms with Gasteiger partial charge in [0, 0.05) is 25.8 Å². The Morgan fingerprint density at radius 3 is 2.44 bits per heavy atom. The predicted octanol–water partition coefficient (Wildman–Crippen LogP) is 2.68. The number of aromatic nitrogens is 4. The number of rotatable bonds is 5. The lowest BCUT2D eigenvalue weighted by Gasteiger charge is -2.20. The number of hydrogen-bond donors (Lipinski definition) is 0. The maximum atomic E-state index is 12.7.